The second kappa shape index (κ2) is 6.40. The van der Waals surface area contributed by atoms with Crippen molar-refractivity contribution in [2.75, 3.05) is 38.1 Å². The average Bonchev–Trinajstić information content (AvgIpc) is 2.52. The van der Waals surface area contributed by atoms with Crippen molar-refractivity contribution < 1.29 is 0 Å². The Morgan fingerprint density at radius 2 is 1.84 bits per heavy atom. The highest BCUT2D eigenvalue weighted by Gasteiger charge is 2.22. The van der Waals surface area contributed by atoms with Gasteiger partial charge in [-0.2, -0.15) is 0 Å². The summed E-state index contributed by atoms with van der Waals surface area (Å²) in [4.78, 5) is 5.00. The molecule has 1 fully saturated rings. The molecule has 1 aliphatic heterocycles. The molecule has 0 amide bonds. The van der Waals surface area contributed by atoms with Gasteiger partial charge in [0.05, 0.1) is 0 Å². The maximum absolute atomic E-state index is 5.76. The van der Waals surface area contributed by atoms with Crippen LogP contribution in [0.2, 0.25) is 0 Å². The van der Waals surface area contributed by atoms with E-state index in [2.05, 4.69) is 48.9 Å². The summed E-state index contributed by atoms with van der Waals surface area (Å²) >= 11 is 0. The number of likely N-dealkylation sites (N-methyl/N-ethyl adjacent to an activating group) is 1. The number of hydrogen-bond donors (Lipinski definition) is 1. The third-order valence-corrected chi connectivity index (χ3v) is 4.06. The van der Waals surface area contributed by atoms with Crippen LogP contribution in [0.4, 0.5) is 5.69 Å². The molecule has 1 aliphatic rings. The lowest BCUT2D eigenvalue weighted by atomic mass is 10.1. The minimum atomic E-state index is 0.577. The minimum absolute atomic E-state index is 0.577. The van der Waals surface area contributed by atoms with Gasteiger partial charge in [0.1, 0.15) is 0 Å². The molecule has 0 saturated carbocycles. The van der Waals surface area contributed by atoms with Crippen molar-refractivity contribution in [2.45, 2.75) is 32.7 Å². The van der Waals surface area contributed by atoms with E-state index in [-0.39, 0.29) is 0 Å². The summed E-state index contributed by atoms with van der Waals surface area (Å²) in [6.45, 7) is 8.54. The molecule has 1 saturated heterocycles. The molecule has 1 heterocycles. The summed E-state index contributed by atoms with van der Waals surface area (Å²) in [5, 5.41) is 0. The highest BCUT2D eigenvalue weighted by Crippen LogP contribution is 2.22. The van der Waals surface area contributed by atoms with E-state index in [9.17, 15) is 0 Å². The Labute approximate surface area is 117 Å². The van der Waals surface area contributed by atoms with Crippen molar-refractivity contribution >= 4 is 5.69 Å². The number of nitrogens with two attached hydrogens (primary N) is 1. The normalized spacial score (nSPS) is 21.5. The van der Waals surface area contributed by atoms with Crippen molar-refractivity contribution in [1.29, 1.82) is 0 Å². The van der Waals surface area contributed by atoms with Crippen LogP contribution in [0.15, 0.2) is 18.2 Å². The van der Waals surface area contributed by atoms with Crippen LogP contribution in [0.5, 0.6) is 0 Å². The summed E-state index contributed by atoms with van der Waals surface area (Å²) in [6, 6.07) is 7.42. The van der Waals surface area contributed by atoms with Gasteiger partial charge in [-0.3, -0.25) is 0 Å². The van der Waals surface area contributed by atoms with Gasteiger partial charge in [-0.15, -0.1) is 0 Å². The van der Waals surface area contributed by atoms with E-state index in [1.54, 1.807) is 0 Å². The molecule has 1 unspecified atom stereocenters. The van der Waals surface area contributed by atoms with Gasteiger partial charge in [-0.1, -0.05) is 6.07 Å². The van der Waals surface area contributed by atoms with Gasteiger partial charge in [0, 0.05) is 24.8 Å². The Balaban J connectivity index is 2.18. The Bertz CT molecular complexity index is 396. The van der Waals surface area contributed by atoms with Crippen LogP contribution in [0.25, 0.3) is 0 Å². The van der Waals surface area contributed by atoms with Crippen LogP contribution >= 0.6 is 0 Å². The van der Waals surface area contributed by atoms with Gasteiger partial charge >= 0.3 is 0 Å². The quantitative estimate of drug-likeness (QED) is 0.905. The van der Waals surface area contributed by atoms with Gasteiger partial charge in [0.2, 0.25) is 0 Å². The van der Waals surface area contributed by atoms with Crippen LogP contribution < -0.4 is 10.6 Å². The zero-order chi connectivity index (χ0) is 13.8. The standard InChI is InChI=1S/C16H27N3/c1-13-9-14(2)11-16(10-13)19-8-4-7-18(3)15(12-19)5-6-17/h9-11,15H,4-8,12,17H2,1-3H3. The van der Waals surface area contributed by atoms with Gasteiger partial charge in [0.15, 0.2) is 0 Å². The van der Waals surface area contributed by atoms with Crippen molar-refractivity contribution in [3.8, 4) is 0 Å². The Morgan fingerprint density at radius 1 is 1.16 bits per heavy atom. The highest BCUT2D eigenvalue weighted by molar-refractivity contribution is 5.51. The molecule has 1 aromatic carbocycles. The second-order valence-corrected chi connectivity index (χ2v) is 5.86. The Kier molecular flexibility index (Phi) is 4.83. The predicted molar refractivity (Wildman–Crippen MR) is 82.8 cm³/mol. The fourth-order valence-electron chi connectivity index (χ4n) is 3.05. The highest BCUT2D eigenvalue weighted by atomic mass is 15.2. The second-order valence-electron chi connectivity index (χ2n) is 5.86. The monoisotopic (exact) mass is 261 g/mol. The summed E-state index contributed by atoms with van der Waals surface area (Å²) in [5.41, 5.74) is 9.83. The molecule has 106 valence electrons. The SMILES string of the molecule is Cc1cc(C)cc(N2CCCN(C)C(CCN)C2)c1. The number of hydrogen-bond acceptors (Lipinski definition) is 3. The first-order valence-corrected chi connectivity index (χ1v) is 7.33. The molecule has 3 heteroatoms. The molecule has 0 aliphatic carbocycles. The largest absolute Gasteiger partial charge is 0.370 e. The summed E-state index contributed by atoms with van der Waals surface area (Å²) in [5.74, 6) is 0. The lowest BCUT2D eigenvalue weighted by molar-refractivity contribution is 0.251. The van der Waals surface area contributed by atoms with Crippen molar-refractivity contribution in [3.05, 3.63) is 29.3 Å². The molecular formula is C16H27N3. The maximum atomic E-state index is 5.76. The number of benzene rings is 1. The average molecular weight is 261 g/mol. The molecule has 2 N–H and O–H groups in total. The van der Waals surface area contributed by atoms with Crippen LogP contribution in [-0.4, -0.2) is 44.2 Å². The third-order valence-electron chi connectivity index (χ3n) is 4.06. The van der Waals surface area contributed by atoms with Crippen molar-refractivity contribution in [1.82, 2.24) is 4.90 Å². The lowest BCUT2D eigenvalue weighted by Crippen LogP contribution is -2.40. The van der Waals surface area contributed by atoms with Crippen LogP contribution in [0.3, 0.4) is 0 Å². The smallest absolute Gasteiger partial charge is 0.0372 e. The third kappa shape index (κ3) is 3.71. The fraction of sp³-hybridized carbons (Fsp3) is 0.625. The van der Waals surface area contributed by atoms with Crippen LogP contribution in [0.1, 0.15) is 24.0 Å². The molecule has 19 heavy (non-hydrogen) atoms. The summed E-state index contributed by atoms with van der Waals surface area (Å²) in [6.07, 6.45) is 2.31. The lowest BCUT2D eigenvalue weighted by Gasteiger charge is -2.30. The molecule has 0 bridgehead atoms. The Morgan fingerprint density at radius 3 is 2.47 bits per heavy atom. The van der Waals surface area contributed by atoms with E-state index in [1.807, 2.05) is 0 Å². The zero-order valence-electron chi connectivity index (χ0n) is 12.5. The van der Waals surface area contributed by atoms with E-state index in [0.717, 1.165) is 26.1 Å². The van der Waals surface area contributed by atoms with Gasteiger partial charge in [-0.05, 0) is 70.1 Å². The first-order chi connectivity index (χ1) is 9.10. The maximum Gasteiger partial charge on any atom is 0.0372 e. The number of aryl methyl sites for hydroxylation is 2. The number of anilines is 1. The molecule has 3 nitrogen and oxygen atoms in total. The fourth-order valence-corrected chi connectivity index (χ4v) is 3.05. The molecule has 0 spiro atoms. The predicted octanol–water partition coefficient (Wildman–Crippen LogP) is 2.16. The van der Waals surface area contributed by atoms with E-state index in [1.165, 1.54) is 29.8 Å². The molecule has 1 atom stereocenters. The van der Waals surface area contributed by atoms with Crippen molar-refractivity contribution in [2.24, 2.45) is 5.73 Å². The Hall–Kier alpha value is -1.06. The first kappa shape index (κ1) is 14.4. The minimum Gasteiger partial charge on any atom is -0.370 e. The first-order valence-electron chi connectivity index (χ1n) is 7.33. The number of rotatable bonds is 3. The van der Waals surface area contributed by atoms with E-state index >= 15 is 0 Å². The molecule has 0 radical (unpaired) electrons. The van der Waals surface area contributed by atoms with Gasteiger partial charge in [-0.25, -0.2) is 0 Å². The van der Waals surface area contributed by atoms with E-state index in [0.29, 0.717) is 6.04 Å². The van der Waals surface area contributed by atoms with Gasteiger partial charge < -0.3 is 15.5 Å². The van der Waals surface area contributed by atoms with E-state index < -0.39 is 0 Å². The summed E-state index contributed by atoms with van der Waals surface area (Å²) in [7, 11) is 2.23. The van der Waals surface area contributed by atoms with Gasteiger partial charge in [0.25, 0.3) is 0 Å². The molecule has 1 aromatic rings. The number of nitrogens with zero attached hydrogens (tertiary/aromatic N) is 2. The topological polar surface area (TPSA) is 32.5 Å². The van der Waals surface area contributed by atoms with Crippen LogP contribution in [-0.2, 0) is 0 Å². The molecule has 2 rings (SSSR count). The van der Waals surface area contributed by atoms with E-state index in [4.69, 9.17) is 5.73 Å². The summed E-state index contributed by atoms with van der Waals surface area (Å²) < 4.78 is 0. The molecule has 0 aromatic heterocycles. The van der Waals surface area contributed by atoms with Crippen molar-refractivity contribution in [3.63, 3.8) is 0 Å². The zero-order valence-corrected chi connectivity index (χ0v) is 12.5. The molecular weight excluding hydrogens is 234 g/mol. The van der Waals surface area contributed by atoms with Crippen LogP contribution in [0, 0.1) is 13.8 Å².